The minimum atomic E-state index is -1.07. The van der Waals surface area contributed by atoms with Gasteiger partial charge in [-0.3, -0.25) is 14.3 Å². The van der Waals surface area contributed by atoms with Gasteiger partial charge in [0.05, 0.1) is 12.6 Å². The molecule has 0 aliphatic heterocycles. The van der Waals surface area contributed by atoms with Gasteiger partial charge in [-0.05, 0) is 36.1 Å². The molecule has 0 fully saturated rings. The molecule has 2 aromatic heterocycles. The van der Waals surface area contributed by atoms with Gasteiger partial charge in [0.1, 0.15) is 23.8 Å². The number of anilines is 1. The first kappa shape index (κ1) is 28.5. The first-order chi connectivity index (χ1) is 18.0. The van der Waals surface area contributed by atoms with E-state index in [1.54, 1.807) is 13.1 Å². The number of ketones is 1. The Bertz CT molecular complexity index is 1250. The van der Waals surface area contributed by atoms with E-state index in [1.807, 2.05) is 27.7 Å². The highest BCUT2D eigenvalue weighted by molar-refractivity contribution is 6.42. The number of nitrogens with zero attached hydrogens (tertiary/aromatic N) is 4. The van der Waals surface area contributed by atoms with Crippen molar-refractivity contribution in [3.63, 3.8) is 0 Å². The third-order valence-corrected chi connectivity index (χ3v) is 5.87. The molecule has 2 heterocycles. The molecule has 0 bridgehead atoms. The van der Waals surface area contributed by atoms with Crippen LogP contribution in [-0.4, -0.2) is 49.9 Å². The zero-order valence-corrected chi connectivity index (χ0v) is 22.2. The molecule has 12 heteroatoms. The highest BCUT2D eigenvalue weighted by Gasteiger charge is 2.33. The molecule has 11 nitrogen and oxygen atoms in total. The van der Waals surface area contributed by atoms with Gasteiger partial charge < -0.3 is 19.8 Å². The van der Waals surface area contributed by atoms with Gasteiger partial charge in [-0.15, -0.1) is 10.2 Å². The number of halogens is 1. The summed E-state index contributed by atoms with van der Waals surface area (Å²) in [5, 5.41) is 17.1. The Morgan fingerprint density at radius 3 is 2.45 bits per heavy atom. The number of ether oxygens (including phenoxy) is 1. The number of aryl methyl sites for hydroxylation is 1. The highest BCUT2D eigenvalue weighted by atomic mass is 19.1. The predicted molar refractivity (Wildman–Crippen MR) is 136 cm³/mol. The van der Waals surface area contributed by atoms with Crippen LogP contribution in [0, 0.1) is 11.2 Å². The second-order valence-electron chi connectivity index (χ2n) is 9.97. The van der Waals surface area contributed by atoms with Gasteiger partial charge in [-0.25, -0.2) is 9.18 Å². The number of amides is 2. The third kappa shape index (κ3) is 7.70. The molecule has 2 atom stereocenters. The van der Waals surface area contributed by atoms with Gasteiger partial charge in [0.25, 0.3) is 5.91 Å². The Labute approximate surface area is 220 Å². The van der Waals surface area contributed by atoms with E-state index < -0.39 is 35.3 Å². The number of hydrogen-bond acceptors (Lipinski definition) is 8. The summed E-state index contributed by atoms with van der Waals surface area (Å²) in [4.78, 5) is 38.3. The van der Waals surface area contributed by atoms with Crippen molar-refractivity contribution < 1.29 is 27.9 Å². The molecular weight excluding hydrogens is 495 g/mol. The number of hydrogen-bond donors (Lipinski definition) is 2. The first-order valence-corrected chi connectivity index (χ1v) is 12.4. The molecule has 0 radical (unpaired) electrons. The van der Waals surface area contributed by atoms with Crippen LogP contribution in [-0.2, 0) is 27.8 Å². The maximum atomic E-state index is 13.2. The number of unbranched alkanes of at least 4 members (excludes halogenated alkanes) is 1. The Morgan fingerprint density at radius 1 is 1.13 bits per heavy atom. The van der Waals surface area contributed by atoms with Crippen LogP contribution < -0.4 is 10.6 Å². The summed E-state index contributed by atoms with van der Waals surface area (Å²) < 4.78 is 26.0. The average Bonchev–Trinajstić information content (AvgIpc) is 3.49. The van der Waals surface area contributed by atoms with Gasteiger partial charge in [-0.2, -0.15) is 5.10 Å². The molecule has 3 aromatic rings. The minimum Gasteiger partial charge on any atom is -0.445 e. The van der Waals surface area contributed by atoms with Crippen molar-refractivity contribution in [1.29, 1.82) is 0 Å². The molecule has 3 rings (SSSR count). The van der Waals surface area contributed by atoms with Crippen LogP contribution in [0.4, 0.5) is 15.0 Å². The maximum absolute atomic E-state index is 13.2. The fourth-order valence-electron chi connectivity index (χ4n) is 3.54. The summed E-state index contributed by atoms with van der Waals surface area (Å²) in [6.07, 6.45) is 1.71. The van der Waals surface area contributed by atoms with Crippen molar-refractivity contribution in [3.05, 3.63) is 48.2 Å². The van der Waals surface area contributed by atoms with Crippen LogP contribution in [0.1, 0.15) is 52.8 Å². The molecular formula is C26H33FN6O5. The Hall–Kier alpha value is -4.09. The lowest BCUT2D eigenvalue weighted by Gasteiger charge is -2.30. The van der Waals surface area contributed by atoms with E-state index in [0.29, 0.717) is 17.8 Å². The molecule has 38 heavy (non-hydrogen) atoms. The fourth-order valence-corrected chi connectivity index (χ4v) is 3.54. The second-order valence-corrected chi connectivity index (χ2v) is 9.97. The minimum absolute atomic E-state index is 0.111. The molecule has 0 saturated carbocycles. The molecule has 0 aliphatic rings. The second kappa shape index (κ2) is 12.4. The van der Waals surface area contributed by atoms with Crippen molar-refractivity contribution in [2.24, 2.45) is 12.5 Å². The lowest BCUT2D eigenvalue weighted by Crippen LogP contribution is -2.48. The fraction of sp³-hybridized carbons (Fsp3) is 0.462. The zero-order chi connectivity index (χ0) is 27.9. The van der Waals surface area contributed by atoms with Crippen molar-refractivity contribution in [3.8, 4) is 11.5 Å². The standard InChI is InChI=1S/C26H33FN6O5/c1-6-7-8-18(22(34)23(35)30-20-13-14-28-33(20)5)29-25(36)37-19(26(2,3)4)15-21-31-32-24(38-21)16-9-11-17(27)12-10-16/h9-14,18-19H,6-8,15H2,1-5H3,(H,29,36)(H,30,35)/t18-,19+/m0/s1. The van der Waals surface area contributed by atoms with E-state index in [0.717, 1.165) is 6.42 Å². The highest BCUT2D eigenvalue weighted by Crippen LogP contribution is 2.27. The lowest BCUT2D eigenvalue weighted by atomic mass is 9.87. The van der Waals surface area contributed by atoms with E-state index in [4.69, 9.17) is 9.15 Å². The quantitative estimate of drug-likeness (QED) is 0.355. The van der Waals surface area contributed by atoms with Crippen LogP contribution >= 0.6 is 0 Å². The predicted octanol–water partition coefficient (Wildman–Crippen LogP) is 4.06. The molecule has 0 aliphatic carbocycles. The summed E-state index contributed by atoms with van der Waals surface area (Å²) >= 11 is 0. The lowest BCUT2D eigenvalue weighted by molar-refractivity contribution is -0.136. The van der Waals surface area contributed by atoms with E-state index in [2.05, 4.69) is 25.9 Å². The number of nitrogens with one attached hydrogen (secondary N) is 2. The summed E-state index contributed by atoms with van der Waals surface area (Å²) in [5.74, 6) is -1.24. The first-order valence-electron chi connectivity index (χ1n) is 12.4. The topological polar surface area (TPSA) is 141 Å². The smallest absolute Gasteiger partial charge is 0.408 e. The zero-order valence-electron chi connectivity index (χ0n) is 22.2. The number of Topliss-reactive ketones (excluding diaryl/α,β-unsaturated/α-hetero) is 1. The van der Waals surface area contributed by atoms with Crippen molar-refractivity contribution in [2.45, 2.75) is 65.5 Å². The van der Waals surface area contributed by atoms with Crippen molar-refractivity contribution in [1.82, 2.24) is 25.3 Å². The number of carbonyl (C=O) groups excluding carboxylic acids is 3. The van der Waals surface area contributed by atoms with E-state index in [-0.39, 0.29) is 30.4 Å². The van der Waals surface area contributed by atoms with E-state index in [9.17, 15) is 18.8 Å². The summed E-state index contributed by atoms with van der Waals surface area (Å²) in [5.41, 5.74) is 0.0274. The number of alkyl carbamates (subject to hydrolysis) is 1. The molecule has 2 amide bonds. The van der Waals surface area contributed by atoms with Gasteiger partial charge in [-0.1, -0.05) is 40.5 Å². The van der Waals surface area contributed by atoms with Crippen LogP contribution in [0.2, 0.25) is 0 Å². The summed E-state index contributed by atoms with van der Waals surface area (Å²) in [6, 6.07) is 6.12. The monoisotopic (exact) mass is 528 g/mol. The average molecular weight is 529 g/mol. The molecule has 2 N–H and O–H groups in total. The van der Waals surface area contributed by atoms with Crippen molar-refractivity contribution in [2.75, 3.05) is 5.32 Å². The maximum Gasteiger partial charge on any atom is 0.408 e. The van der Waals surface area contributed by atoms with Gasteiger partial charge in [0.2, 0.25) is 17.6 Å². The number of aromatic nitrogens is 4. The van der Waals surface area contributed by atoms with Crippen LogP contribution in [0.5, 0.6) is 0 Å². The SMILES string of the molecule is CCCC[C@H](NC(=O)O[C@H](Cc1nnc(-c2ccc(F)cc2)o1)C(C)(C)C)C(=O)C(=O)Nc1ccnn1C. The number of carbonyl (C=O) groups is 3. The summed E-state index contributed by atoms with van der Waals surface area (Å²) in [6.45, 7) is 7.57. The van der Waals surface area contributed by atoms with Crippen LogP contribution in [0.25, 0.3) is 11.5 Å². The summed E-state index contributed by atoms with van der Waals surface area (Å²) in [7, 11) is 1.63. The Balaban J connectivity index is 1.67. The third-order valence-electron chi connectivity index (χ3n) is 5.87. The Morgan fingerprint density at radius 2 is 1.84 bits per heavy atom. The van der Waals surface area contributed by atoms with E-state index >= 15 is 0 Å². The molecule has 204 valence electrons. The van der Waals surface area contributed by atoms with Crippen molar-refractivity contribution >= 4 is 23.6 Å². The van der Waals surface area contributed by atoms with Gasteiger partial charge >= 0.3 is 6.09 Å². The number of benzene rings is 1. The van der Waals surface area contributed by atoms with Gasteiger partial charge in [0, 0.05) is 18.7 Å². The largest absolute Gasteiger partial charge is 0.445 e. The Kier molecular flexibility index (Phi) is 9.32. The van der Waals surface area contributed by atoms with Crippen LogP contribution in [0.15, 0.2) is 40.9 Å². The normalized spacial score (nSPS) is 13.0. The van der Waals surface area contributed by atoms with Crippen LogP contribution in [0.3, 0.4) is 0 Å². The van der Waals surface area contributed by atoms with Gasteiger partial charge in [0.15, 0.2) is 0 Å². The molecule has 0 saturated heterocycles. The molecule has 1 aromatic carbocycles. The number of rotatable bonds is 11. The van der Waals surface area contributed by atoms with E-state index in [1.165, 1.54) is 35.1 Å². The molecule has 0 unspecified atom stereocenters. The molecule has 0 spiro atoms.